The maximum atomic E-state index is 9.12. The fraction of sp³-hybridized carbons (Fsp3) is 0.150. The lowest BCUT2D eigenvalue weighted by Crippen LogP contribution is -2.04. The first kappa shape index (κ1) is 15.2. The highest BCUT2D eigenvalue weighted by Crippen LogP contribution is 2.21. The van der Waals surface area contributed by atoms with Gasteiger partial charge in [0.1, 0.15) is 11.5 Å². The van der Waals surface area contributed by atoms with Crippen LogP contribution in [0.5, 0.6) is 0 Å². The lowest BCUT2D eigenvalue weighted by Gasteiger charge is -2.08. The number of hydrogen-bond acceptors (Lipinski definition) is 3. The van der Waals surface area contributed by atoms with Gasteiger partial charge in [-0.25, -0.2) is 9.97 Å². The average Bonchev–Trinajstić information content (AvgIpc) is 3.25. The molecule has 25 heavy (non-hydrogen) atoms. The van der Waals surface area contributed by atoms with Gasteiger partial charge in [-0.1, -0.05) is 25.1 Å². The van der Waals surface area contributed by atoms with Crippen LogP contribution >= 0.6 is 0 Å². The molecule has 0 N–H and O–H groups in total. The van der Waals surface area contributed by atoms with Gasteiger partial charge in [0.2, 0.25) is 0 Å². The number of nitriles is 1. The number of pyridine rings is 1. The number of imidazole rings is 2. The van der Waals surface area contributed by atoms with Crippen molar-refractivity contribution < 1.29 is 0 Å². The van der Waals surface area contributed by atoms with Crippen molar-refractivity contribution in [1.82, 2.24) is 18.9 Å². The Kier molecular flexibility index (Phi) is 3.79. The molecule has 0 radical (unpaired) electrons. The van der Waals surface area contributed by atoms with Gasteiger partial charge in [-0.15, -0.1) is 0 Å². The summed E-state index contributed by atoms with van der Waals surface area (Å²) in [4.78, 5) is 9.28. The third-order valence-electron chi connectivity index (χ3n) is 4.33. The highest BCUT2D eigenvalue weighted by atomic mass is 15.1. The quantitative estimate of drug-likeness (QED) is 0.574. The first-order chi connectivity index (χ1) is 12.3. The minimum absolute atomic E-state index is 0.633. The van der Waals surface area contributed by atoms with Crippen molar-refractivity contribution in [3.8, 4) is 17.5 Å². The molecule has 4 aromatic rings. The smallest absolute Gasteiger partial charge is 0.140 e. The normalized spacial score (nSPS) is 10.9. The van der Waals surface area contributed by atoms with Crippen LogP contribution < -0.4 is 0 Å². The first-order valence-corrected chi connectivity index (χ1v) is 8.26. The van der Waals surface area contributed by atoms with Gasteiger partial charge in [0.25, 0.3) is 0 Å². The van der Waals surface area contributed by atoms with Crippen LogP contribution in [-0.2, 0) is 13.0 Å². The molecule has 4 rings (SSSR count). The zero-order valence-electron chi connectivity index (χ0n) is 13.9. The molecular formula is C20H17N5. The Balaban J connectivity index is 1.76. The summed E-state index contributed by atoms with van der Waals surface area (Å²) in [7, 11) is 0. The second-order valence-electron chi connectivity index (χ2n) is 5.86. The van der Waals surface area contributed by atoms with Gasteiger partial charge < -0.3 is 8.97 Å². The van der Waals surface area contributed by atoms with E-state index in [2.05, 4.69) is 33.1 Å². The Bertz CT molecular complexity index is 1080. The highest BCUT2D eigenvalue weighted by molar-refractivity contribution is 5.58. The van der Waals surface area contributed by atoms with Crippen LogP contribution in [0.3, 0.4) is 0 Å². The molecule has 0 aliphatic carbocycles. The molecule has 0 spiro atoms. The molecule has 0 bridgehead atoms. The fourth-order valence-corrected chi connectivity index (χ4v) is 3.18. The van der Waals surface area contributed by atoms with Crippen LogP contribution in [0.4, 0.5) is 0 Å². The minimum atomic E-state index is 0.633. The molecule has 5 heteroatoms. The largest absolute Gasteiger partial charge is 0.325 e. The molecule has 3 heterocycles. The lowest BCUT2D eigenvalue weighted by molar-refractivity contribution is 0.772. The van der Waals surface area contributed by atoms with Crippen LogP contribution in [0.1, 0.15) is 23.9 Å². The Morgan fingerprint density at radius 2 is 2.04 bits per heavy atom. The zero-order chi connectivity index (χ0) is 17.2. The van der Waals surface area contributed by atoms with E-state index in [-0.39, 0.29) is 0 Å². The van der Waals surface area contributed by atoms with Crippen molar-refractivity contribution in [1.29, 1.82) is 5.26 Å². The summed E-state index contributed by atoms with van der Waals surface area (Å²) in [6, 6.07) is 15.8. The summed E-state index contributed by atoms with van der Waals surface area (Å²) >= 11 is 0. The molecule has 0 aliphatic heterocycles. The predicted molar refractivity (Wildman–Crippen MR) is 96.1 cm³/mol. The Morgan fingerprint density at radius 1 is 1.12 bits per heavy atom. The molecule has 0 atom stereocenters. The second kappa shape index (κ2) is 6.25. The molecule has 0 saturated carbocycles. The van der Waals surface area contributed by atoms with Gasteiger partial charge in [0, 0.05) is 29.8 Å². The lowest BCUT2D eigenvalue weighted by atomic mass is 10.1. The molecule has 0 saturated heterocycles. The molecule has 122 valence electrons. The highest BCUT2D eigenvalue weighted by Gasteiger charge is 2.13. The Morgan fingerprint density at radius 3 is 2.88 bits per heavy atom. The number of benzene rings is 1. The van der Waals surface area contributed by atoms with Crippen LogP contribution in [0.2, 0.25) is 0 Å². The molecule has 5 nitrogen and oxygen atoms in total. The van der Waals surface area contributed by atoms with Crippen molar-refractivity contribution in [2.45, 2.75) is 19.9 Å². The molecule has 0 fully saturated rings. The summed E-state index contributed by atoms with van der Waals surface area (Å²) in [5, 5.41) is 9.12. The van der Waals surface area contributed by atoms with E-state index in [9.17, 15) is 0 Å². The van der Waals surface area contributed by atoms with E-state index in [1.165, 1.54) is 5.69 Å². The van der Waals surface area contributed by atoms with Crippen molar-refractivity contribution >= 4 is 5.65 Å². The molecular weight excluding hydrogens is 310 g/mol. The van der Waals surface area contributed by atoms with Crippen LogP contribution in [0.15, 0.2) is 61.1 Å². The number of fused-ring (bicyclic) bond motifs is 1. The molecule has 1 aromatic carbocycles. The van der Waals surface area contributed by atoms with Crippen molar-refractivity contribution in [3.05, 3.63) is 78.0 Å². The summed E-state index contributed by atoms with van der Waals surface area (Å²) < 4.78 is 4.22. The van der Waals surface area contributed by atoms with Crippen molar-refractivity contribution in [3.63, 3.8) is 0 Å². The minimum Gasteiger partial charge on any atom is -0.325 e. The molecule has 0 unspecified atom stereocenters. The van der Waals surface area contributed by atoms with Crippen LogP contribution in [0.25, 0.3) is 17.0 Å². The van der Waals surface area contributed by atoms with Crippen LogP contribution in [-0.4, -0.2) is 18.9 Å². The van der Waals surface area contributed by atoms with Gasteiger partial charge in [0.05, 0.1) is 23.9 Å². The number of aromatic nitrogens is 4. The third kappa shape index (κ3) is 2.68. The summed E-state index contributed by atoms with van der Waals surface area (Å²) in [5.41, 5.74) is 4.78. The first-order valence-electron chi connectivity index (χ1n) is 8.26. The third-order valence-corrected chi connectivity index (χ3v) is 4.33. The fourth-order valence-electron chi connectivity index (χ4n) is 3.18. The van der Waals surface area contributed by atoms with E-state index in [0.717, 1.165) is 29.1 Å². The molecule has 3 aromatic heterocycles. The summed E-state index contributed by atoms with van der Waals surface area (Å²) in [6.45, 7) is 2.79. The predicted octanol–water partition coefficient (Wildman–Crippen LogP) is 3.68. The van der Waals surface area contributed by atoms with E-state index in [4.69, 9.17) is 10.2 Å². The number of rotatable bonds is 4. The van der Waals surface area contributed by atoms with E-state index in [1.54, 1.807) is 12.3 Å². The number of nitrogens with zero attached hydrogens (tertiary/aromatic N) is 5. The molecule has 0 amide bonds. The Labute approximate surface area is 145 Å². The topological polar surface area (TPSA) is 58.9 Å². The van der Waals surface area contributed by atoms with E-state index in [1.807, 2.05) is 42.6 Å². The van der Waals surface area contributed by atoms with Gasteiger partial charge in [-0.05, 0) is 30.7 Å². The van der Waals surface area contributed by atoms with E-state index >= 15 is 0 Å². The standard InChI is InChI=1S/C20H17N5/c1-2-18-17(23-19-8-3-4-10-25(18)19)14-24-11-9-22-20(24)16-7-5-6-15(12-16)13-21/h3-12H,2,14H2,1H3. The number of aryl methyl sites for hydroxylation is 1. The van der Waals surface area contributed by atoms with Gasteiger partial charge in [-0.3, -0.25) is 0 Å². The second-order valence-corrected chi connectivity index (χ2v) is 5.86. The zero-order valence-corrected chi connectivity index (χ0v) is 13.9. The average molecular weight is 327 g/mol. The molecule has 0 aliphatic rings. The maximum Gasteiger partial charge on any atom is 0.140 e. The maximum absolute atomic E-state index is 9.12. The van der Waals surface area contributed by atoms with Crippen LogP contribution in [0, 0.1) is 11.3 Å². The Hall–Kier alpha value is -3.39. The van der Waals surface area contributed by atoms with E-state index < -0.39 is 0 Å². The van der Waals surface area contributed by atoms with Crippen molar-refractivity contribution in [2.24, 2.45) is 0 Å². The van der Waals surface area contributed by atoms with Gasteiger partial charge in [0.15, 0.2) is 0 Å². The van der Waals surface area contributed by atoms with Gasteiger partial charge in [-0.2, -0.15) is 5.26 Å². The van der Waals surface area contributed by atoms with Gasteiger partial charge >= 0.3 is 0 Å². The van der Waals surface area contributed by atoms with E-state index in [0.29, 0.717) is 12.1 Å². The SMILES string of the molecule is CCc1c(Cn2ccnc2-c2cccc(C#N)c2)nc2ccccn12. The number of hydrogen-bond donors (Lipinski definition) is 0. The summed E-state index contributed by atoms with van der Waals surface area (Å²) in [5.74, 6) is 0.844. The summed E-state index contributed by atoms with van der Waals surface area (Å²) in [6.07, 6.45) is 6.71. The monoisotopic (exact) mass is 327 g/mol. The van der Waals surface area contributed by atoms with Crippen molar-refractivity contribution in [2.75, 3.05) is 0 Å².